The van der Waals surface area contributed by atoms with Gasteiger partial charge in [-0.25, -0.2) is 8.42 Å². The van der Waals surface area contributed by atoms with Crippen LogP contribution < -0.4 is 14.4 Å². The third-order valence-corrected chi connectivity index (χ3v) is 9.29. The molecular weight excluding hydrogens is 598 g/mol. The minimum absolute atomic E-state index is 0.0586. The molecule has 46 heavy (non-hydrogen) atoms. The summed E-state index contributed by atoms with van der Waals surface area (Å²) < 4.78 is 35.1. The summed E-state index contributed by atoms with van der Waals surface area (Å²) in [6.45, 7) is 9.51. The van der Waals surface area contributed by atoms with E-state index in [9.17, 15) is 18.0 Å². The Balaban J connectivity index is 1.80. The topological polar surface area (TPSA) is 96.0 Å². The lowest BCUT2D eigenvalue weighted by Crippen LogP contribution is -2.54. The molecule has 1 N–H and O–H groups in total. The van der Waals surface area contributed by atoms with Crippen molar-refractivity contribution in [2.75, 3.05) is 17.5 Å². The molecule has 0 spiro atoms. The van der Waals surface area contributed by atoms with E-state index in [-0.39, 0.29) is 29.8 Å². The van der Waals surface area contributed by atoms with E-state index >= 15 is 0 Å². The van der Waals surface area contributed by atoms with Gasteiger partial charge in [-0.05, 0) is 82.1 Å². The van der Waals surface area contributed by atoms with Crippen molar-refractivity contribution in [2.24, 2.45) is 0 Å². The number of ether oxygens (including phenoxy) is 1. The predicted molar refractivity (Wildman–Crippen MR) is 182 cm³/mol. The maximum Gasteiger partial charge on any atom is 0.264 e. The van der Waals surface area contributed by atoms with Crippen LogP contribution in [0, 0.1) is 13.8 Å². The second-order valence-corrected chi connectivity index (χ2v) is 13.5. The maximum absolute atomic E-state index is 14.5. The number of carbonyl (C=O) groups is 2. The van der Waals surface area contributed by atoms with E-state index in [1.165, 1.54) is 17.0 Å². The van der Waals surface area contributed by atoms with Crippen molar-refractivity contribution in [2.45, 2.75) is 64.6 Å². The summed E-state index contributed by atoms with van der Waals surface area (Å²) in [6.07, 6.45) is 0.255. The smallest absolute Gasteiger partial charge is 0.264 e. The third kappa shape index (κ3) is 8.97. The van der Waals surface area contributed by atoms with Crippen LogP contribution in [0.25, 0.3) is 0 Å². The minimum atomic E-state index is -4.18. The number of carbonyl (C=O) groups excluding carboxylic acids is 2. The molecule has 0 aliphatic heterocycles. The highest BCUT2D eigenvalue weighted by atomic mass is 32.2. The highest BCUT2D eigenvalue weighted by molar-refractivity contribution is 7.92. The quantitative estimate of drug-likeness (QED) is 0.181. The van der Waals surface area contributed by atoms with E-state index in [0.29, 0.717) is 18.0 Å². The first-order valence-electron chi connectivity index (χ1n) is 15.5. The average molecular weight is 642 g/mol. The number of hydrogen-bond donors (Lipinski definition) is 1. The van der Waals surface area contributed by atoms with Gasteiger partial charge in [0.25, 0.3) is 10.0 Å². The Morgan fingerprint density at radius 2 is 1.37 bits per heavy atom. The van der Waals surface area contributed by atoms with Gasteiger partial charge < -0.3 is 15.0 Å². The molecule has 0 radical (unpaired) electrons. The summed E-state index contributed by atoms with van der Waals surface area (Å²) in [7, 11) is -4.18. The van der Waals surface area contributed by atoms with Crippen molar-refractivity contribution in [1.82, 2.24) is 10.2 Å². The van der Waals surface area contributed by atoms with Crippen LogP contribution in [0.2, 0.25) is 0 Å². The van der Waals surface area contributed by atoms with E-state index in [2.05, 4.69) is 5.32 Å². The number of anilines is 1. The highest BCUT2D eigenvalue weighted by Crippen LogP contribution is 2.27. The zero-order valence-electron chi connectivity index (χ0n) is 27.1. The summed E-state index contributed by atoms with van der Waals surface area (Å²) in [4.78, 5) is 29.9. The third-order valence-electron chi connectivity index (χ3n) is 7.50. The van der Waals surface area contributed by atoms with Gasteiger partial charge in [0.15, 0.2) is 0 Å². The standard InChI is InChI=1S/C37H43N3O5S/c1-6-45-33-20-18-32(19-21-33)40(46(43,44)34-22-14-29(5)15-23-34)26-36(41)39(25-31-16-12-28(4)13-17-31)35(37(42)38-27(2)3)24-30-10-8-7-9-11-30/h7-23,27,35H,6,24-26H2,1-5H3,(H,38,42)/t35-/m0/s1. The van der Waals surface area contributed by atoms with E-state index in [1.807, 2.05) is 89.2 Å². The molecule has 0 saturated heterocycles. The summed E-state index contributed by atoms with van der Waals surface area (Å²) in [5.74, 6) is -0.238. The van der Waals surface area contributed by atoms with Crippen molar-refractivity contribution in [3.63, 3.8) is 0 Å². The Kier molecular flexibility index (Phi) is 11.6. The molecule has 0 fully saturated rings. The first-order chi connectivity index (χ1) is 22.0. The van der Waals surface area contributed by atoms with Crippen LogP contribution in [0.4, 0.5) is 5.69 Å². The number of nitrogens with one attached hydrogen (secondary N) is 1. The minimum Gasteiger partial charge on any atom is -0.494 e. The van der Waals surface area contributed by atoms with Gasteiger partial charge in [-0.1, -0.05) is 77.9 Å². The monoisotopic (exact) mass is 641 g/mol. The Labute approximate surface area is 273 Å². The lowest BCUT2D eigenvalue weighted by molar-refractivity contribution is -0.140. The van der Waals surface area contributed by atoms with Crippen molar-refractivity contribution in [3.05, 3.63) is 125 Å². The zero-order chi connectivity index (χ0) is 33.3. The first kappa shape index (κ1) is 34.2. The summed E-state index contributed by atoms with van der Waals surface area (Å²) >= 11 is 0. The first-order valence-corrected chi connectivity index (χ1v) is 16.9. The molecule has 0 bridgehead atoms. The fourth-order valence-corrected chi connectivity index (χ4v) is 6.48. The van der Waals surface area contributed by atoms with Gasteiger partial charge in [-0.15, -0.1) is 0 Å². The fraction of sp³-hybridized carbons (Fsp3) is 0.297. The van der Waals surface area contributed by atoms with Gasteiger partial charge in [0, 0.05) is 19.0 Å². The number of aryl methyl sites for hydroxylation is 2. The average Bonchev–Trinajstić information content (AvgIpc) is 3.03. The lowest BCUT2D eigenvalue weighted by Gasteiger charge is -2.34. The van der Waals surface area contributed by atoms with Crippen LogP contribution >= 0.6 is 0 Å². The molecule has 0 unspecified atom stereocenters. The molecule has 1 atom stereocenters. The molecule has 0 aliphatic rings. The zero-order valence-corrected chi connectivity index (χ0v) is 28.0. The molecule has 4 rings (SSSR count). The second kappa shape index (κ2) is 15.6. The molecule has 242 valence electrons. The van der Waals surface area contributed by atoms with Crippen LogP contribution in [0.5, 0.6) is 5.75 Å². The number of nitrogens with zero attached hydrogens (tertiary/aromatic N) is 2. The van der Waals surface area contributed by atoms with Crippen molar-refractivity contribution >= 4 is 27.5 Å². The molecule has 0 aliphatic carbocycles. The van der Waals surface area contributed by atoms with E-state index in [1.54, 1.807) is 36.4 Å². The van der Waals surface area contributed by atoms with Crippen LogP contribution in [0.1, 0.15) is 43.0 Å². The number of sulfonamides is 1. The fourth-order valence-electron chi connectivity index (χ4n) is 5.07. The summed E-state index contributed by atoms with van der Waals surface area (Å²) in [5, 5.41) is 2.98. The molecule has 0 saturated carbocycles. The normalized spacial score (nSPS) is 12.0. The van der Waals surface area contributed by atoms with Gasteiger partial charge in [-0.3, -0.25) is 13.9 Å². The van der Waals surface area contributed by atoms with Gasteiger partial charge in [0.05, 0.1) is 17.2 Å². The largest absolute Gasteiger partial charge is 0.494 e. The number of amides is 2. The Morgan fingerprint density at radius 3 is 1.93 bits per heavy atom. The summed E-state index contributed by atoms with van der Waals surface area (Å²) in [6, 6.07) is 29.3. The van der Waals surface area contributed by atoms with Crippen LogP contribution in [0.15, 0.2) is 108 Å². The molecule has 0 heterocycles. The lowest BCUT2D eigenvalue weighted by atomic mass is 10.0. The molecular formula is C37H43N3O5S. The van der Waals surface area contributed by atoms with Crippen LogP contribution in [-0.4, -0.2) is 50.4 Å². The molecule has 8 nitrogen and oxygen atoms in total. The number of benzene rings is 4. The predicted octanol–water partition coefficient (Wildman–Crippen LogP) is 6.06. The Morgan fingerprint density at radius 1 is 0.783 bits per heavy atom. The van der Waals surface area contributed by atoms with Gasteiger partial charge in [-0.2, -0.15) is 0 Å². The SMILES string of the molecule is CCOc1ccc(N(CC(=O)N(Cc2ccc(C)cc2)[C@@H](Cc2ccccc2)C(=O)NC(C)C)S(=O)(=O)c2ccc(C)cc2)cc1. The molecule has 4 aromatic rings. The van der Waals surface area contributed by atoms with Crippen molar-refractivity contribution in [3.8, 4) is 5.75 Å². The second-order valence-electron chi connectivity index (χ2n) is 11.6. The van der Waals surface area contributed by atoms with Crippen molar-refractivity contribution in [1.29, 1.82) is 0 Å². The summed E-state index contributed by atoms with van der Waals surface area (Å²) in [5.41, 5.74) is 3.98. The number of rotatable bonds is 14. The van der Waals surface area contributed by atoms with Crippen LogP contribution in [-0.2, 0) is 32.6 Å². The van der Waals surface area contributed by atoms with E-state index in [0.717, 1.165) is 26.6 Å². The van der Waals surface area contributed by atoms with Gasteiger partial charge in [0.2, 0.25) is 11.8 Å². The van der Waals surface area contributed by atoms with Crippen molar-refractivity contribution < 1.29 is 22.7 Å². The van der Waals surface area contributed by atoms with Gasteiger partial charge >= 0.3 is 0 Å². The van der Waals surface area contributed by atoms with E-state index < -0.39 is 28.5 Å². The molecule has 2 amide bonds. The maximum atomic E-state index is 14.5. The molecule has 0 aromatic heterocycles. The molecule has 4 aromatic carbocycles. The van der Waals surface area contributed by atoms with E-state index in [4.69, 9.17) is 4.74 Å². The molecule has 9 heteroatoms. The van der Waals surface area contributed by atoms with Crippen LogP contribution in [0.3, 0.4) is 0 Å². The Bertz CT molecular complexity index is 1690. The van der Waals surface area contributed by atoms with Gasteiger partial charge in [0.1, 0.15) is 18.3 Å². The Hall–Kier alpha value is -4.63. The highest BCUT2D eigenvalue weighted by Gasteiger charge is 2.34. The number of hydrogen-bond acceptors (Lipinski definition) is 5.